The van der Waals surface area contributed by atoms with Gasteiger partial charge in [0.25, 0.3) is 0 Å². The zero-order valence-electron chi connectivity index (χ0n) is 21.5. The normalized spacial score (nSPS) is 16.3. The minimum absolute atomic E-state index is 0.0422. The summed E-state index contributed by atoms with van der Waals surface area (Å²) in [5.41, 5.74) is 3.90. The van der Waals surface area contributed by atoms with E-state index in [1.165, 1.54) is 18.0 Å². The zero-order chi connectivity index (χ0) is 27.0. The van der Waals surface area contributed by atoms with E-state index < -0.39 is 5.25 Å². The van der Waals surface area contributed by atoms with E-state index in [-0.39, 0.29) is 18.2 Å². The van der Waals surface area contributed by atoms with Crippen molar-refractivity contribution >= 4 is 40.6 Å². The number of carbonyl (C=O) groups excluding carboxylic acids is 2. The maximum Gasteiger partial charge on any atom is 0.242 e. The highest BCUT2D eigenvalue weighted by Gasteiger charge is 2.39. The second kappa shape index (κ2) is 12.4. The maximum atomic E-state index is 13.3. The lowest BCUT2D eigenvalue weighted by molar-refractivity contribution is -0.128. The minimum Gasteiger partial charge on any atom is -0.455 e. The Labute approximate surface area is 231 Å². The van der Waals surface area contributed by atoms with Crippen molar-refractivity contribution in [3.05, 3.63) is 114 Å². The van der Waals surface area contributed by atoms with Crippen molar-refractivity contribution in [3.63, 3.8) is 0 Å². The number of benzene rings is 3. The van der Waals surface area contributed by atoms with Crippen molar-refractivity contribution in [2.75, 3.05) is 11.9 Å². The predicted molar refractivity (Wildman–Crippen MR) is 157 cm³/mol. The second-order valence-corrected chi connectivity index (χ2v) is 10.3. The van der Waals surface area contributed by atoms with Gasteiger partial charge in [-0.15, -0.1) is 5.10 Å². The Morgan fingerprint density at radius 3 is 2.44 bits per heavy atom. The number of nitrogens with one attached hydrogen (secondary N) is 1. The summed E-state index contributed by atoms with van der Waals surface area (Å²) < 4.78 is 5.87. The first-order valence-corrected chi connectivity index (χ1v) is 13.6. The highest BCUT2D eigenvalue weighted by atomic mass is 32.2. The molecule has 1 unspecified atom stereocenters. The van der Waals surface area contributed by atoms with Crippen LogP contribution in [-0.2, 0) is 16.0 Å². The summed E-state index contributed by atoms with van der Waals surface area (Å²) in [6.45, 7) is 2.43. The summed E-state index contributed by atoms with van der Waals surface area (Å²) >= 11 is 1.26. The lowest BCUT2D eigenvalue weighted by atomic mass is 10.1. The van der Waals surface area contributed by atoms with Gasteiger partial charge in [-0.1, -0.05) is 90.1 Å². The molecule has 1 aliphatic rings. The minimum atomic E-state index is -0.575. The summed E-state index contributed by atoms with van der Waals surface area (Å²) in [5.74, 6) is 0.923. The van der Waals surface area contributed by atoms with Crippen LogP contribution < -0.4 is 5.32 Å². The third-order valence-corrected chi connectivity index (χ3v) is 7.37. The monoisotopic (exact) mass is 536 g/mol. The Balaban J connectivity index is 1.29. The third kappa shape index (κ3) is 6.91. The fourth-order valence-electron chi connectivity index (χ4n) is 4.14. The van der Waals surface area contributed by atoms with Gasteiger partial charge in [-0.2, -0.15) is 5.10 Å². The summed E-state index contributed by atoms with van der Waals surface area (Å²) in [6, 6.07) is 31.0. The number of amides is 2. The molecule has 4 aromatic rings. The molecule has 8 heteroatoms. The molecular weight excluding hydrogens is 508 g/mol. The molecule has 3 aromatic carbocycles. The van der Waals surface area contributed by atoms with Crippen LogP contribution in [0.1, 0.15) is 23.3 Å². The van der Waals surface area contributed by atoms with Crippen LogP contribution in [0.2, 0.25) is 0 Å². The number of hydrogen-bond donors (Lipinski definition) is 1. The van der Waals surface area contributed by atoms with Gasteiger partial charge >= 0.3 is 0 Å². The molecule has 1 fully saturated rings. The third-order valence-electron chi connectivity index (χ3n) is 6.21. The summed E-state index contributed by atoms with van der Waals surface area (Å²) in [5, 5.41) is 11.3. The lowest BCUT2D eigenvalue weighted by Gasteiger charge is -2.15. The van der Waals surface area contributed by atoms with Gasteiger partial charge in [-0.05, 0) is 43.2 Å². The Kier molecular flexibility index (Phi) is 8.33. The average molecular weight is 537 g/mol. The first-order chi connectivity index (χ1) is 19.0. The maximum absolute atomic E-state index is 13.3. The molecule has 2 heterocycles. The number of rotatable bonds is 9. The van der Waals surface area contributed by atoms with Gasteiger partial charge < -0.3 is 9.73 Å². The molecule has 1 aliphatic heterocycles. The summed E-state index contributed by atoms with van der Waals surface area (Å²) in [7, 11) is 0. The molecule has 0 bridgehead atoms. The van der Waals surface area contributed by atoms with E-state index >= 15 is 0 Å². The number of nitrogens with zero attached hydrogens (tertiary/aromatic N) is 3. The Hall–Kier alpha value is -4.43. The molecule has 0 aliphatic carbocycles. The van der Waals surface area contributed by atoms with Crippen molar-refractivity contribution < 1.29 is 14.0 Å². The van der Waals surface area contributed by atoms with Gasteiger partial charge in [0.1, 0.15) is 16.8 Å². The number of thioether (sulfide) groups is 1. The quantitative estimate of drug-likeness (QED) is 0.205. The van der Waals surface area contributed by atoms with Crippen molar-refractivity contribution in [3.8, 4) is 11.3 Å². The first-order valence-electron chi connectivity index (χ1n) is 12.7. The van der Waals surface area contributed by atoms with Crippen molar-refractivity contribution in [1.29, 1.82) is 0 Å². The molecule has 196 valence electrons. The molecular formula is C31H28N4O3S. The Bertz CT molecular complexity index is 1480. The van der Waals surface area contributed by atoms with Gasteiger partial charge in [-0.25, -0.2) is 0 Å². The van der Waals surface area contributed by atoms with E-state index in [1.54, 1.807) is 4.90 Å². The molecule has 5 rings (SSSR count). The Morgan fingerprint density at radius 1 is 0.974 bits per heavy atom. The van der Waals surface area contributed by atoms with Crippen LogP contribution in [0, 0.1) is 6.92 Å². The number of hydrogen-bond acceptors (Lipinski definition) is 6. The molecule has 2 amide bonds. The van der Waals surface area contributed by atoms with Crippen LogP contribution in [0.4, 0.5) is 5.69 Å². The molecule has 39 heavy (non-hydrogen) atoms. The summed E-state index contributed by atoms with van der Waals surface area (Å²) in [6.07, 6.45) is 2.23. The fraction of sp³-hybridized carbons (Fsp3) is 0.161. The topological polar surface area (TPSA) is 87.3 Å². The van der Waals surface area contributed by atoms with Crippen LogP contribution >= 0.6 is 11.8 Å². The second-order valence-electron chi connectivity index (χ2n) is 9.15. The van der Waals surface area contributed by atoms with Crippen molar-refractivity contribution in [2.24, 2.45) is 10.2 Å². The zero-order valence-corrected chi connectivity index (χ0v) is 22.3. The number of carbonyl (C=O) groups is 2. The number of amidine groups is 1. The van der Waals surface area contributed by atoms with Gasteiger partial charge in [0.05, 0.1) is 6.21 Å². The number of furan rings is 1. The lowest BCUT2D eigenvalue weighted by Crippen LogP contribution is -2.35. The largest absolute Gasteiger partial charge is 0.455 e. The van der Waals surface area contributed by atoms with Crippen LogP contribution in [-0.4, -0.2) is 39.9 Å². The molecule has 1 atom stereocenters. The molecule has 0 radical (unpaired) electrons. The predicted octanol–water partition coefficient (Wildman–Crippen LogP) is 6.16. The molecule has 1 N–H and O–H groups in total. The molecule has 0 spiro atoms. The van der Waals surface area contributed by atoms with Gasteiger partial charge in [0.2, 0.25) is 11.8 Å². The van der Waals surface area contributed by atoms with Crippen LogP contribution in [0.3, 0.4) is 0 Å². The van der Waals surface area contributed by atoms with Crippen LogP contribution in [0.15, 0.2) is 112 Å². The molecule has 0 saturated carbocycles. The SMILES string of the molecule is Cc1ccc(NC(=O)CC2S/C(=N\N=C\c3ccc(-c4ccccc4)o3)N(CCc3ccccc3)C2=O)cc1. The first kappa shape index (κ1) is 26.2. The number of anilines is 1. The van der Waals surface area contributed by atoms with E-state index in [9.17, 15) is 9.59 Å². The van der Waals surface area contributed by atoms with Crippen molar-refractivity contribution in [2.45, 2.75) is 25.0 Å². The van der Waals surface area contributed by atoms with Crippen LogP contribution in [0.25, 0.3) is 11.3 Å². The van der Waals surface area contributed by atoms with E-state index in [1.807, 2.05) is 104 Å². The highest BCUT2D eigenvalue weighted by molar-refractivity contribution is 8.15. The number of aryl methyl sites for hydroxylation is 1. The van der Waals surface area contributed by atoms with Crippen molar-refractivity contribution in [1.82, 2.24) is 4.90 Å². The standard InChI is InChI=1S/C31H28N4O3S/c1-22-12-14-25(15-13-22)33-29(36)20-28-30(37)35(19-18-23-8-4-2-5-9-23)31(39-28)34-32-21-26-16-17-27(38-26)24-10-6-3-7-11-24/h2-17,21,28H,18-20H2,1H3,(H,33,36)/b32-21+,34-31-. The summed E-state index contributed by atoms with van der Waals surface area (Å²) in [4.78, 5) is 27.7. The van der Waals surface area contributed by atoms with E-state index in [0.29, 0.717) is 29.6 Å². The van der Waals surface area contributed by atoms with E-state index in [4.69, 9.17) is 4.42 Å². The van der Waals surface area contributed by atoms with Gasteiger partial charge in [-0.3, -0.25) is 14.5 Å². The average Bonchev–Trinajstić information content (AvgIpc) is 3.54. The smallest absolute Gasteiger partial charge is 0.242 e. The van der Waals surface area contributed by atoms with Gasteiger partial charge in [0.15, 0.2) is 5.17 Å². The molecule has 1 saturated heterocycles. The molecule has 7 nitrogen and oxygen atoms in total. The Morgan fingerprint density at radius 2 is 1.69 bits per heavy atom. The van der Waals surface area contributed by atoms with E-state index in [0.717, 1.165) is 22.5 Å². The van der Waals surface area contributed by atoms with Gasteiger partial charge in [0, 0.05) is 24.2 Å². The molecule has 1 aromatic heterocycles. The fourth-order valence-corrected chi connectivity index (χ4v) is 5.26. The highest BCUT2D eigenvalue weighted by Crippen LogP contribution is 2.30. The van der Waals surface area contributed by atoms with Crippen LogP contribution in [0.5, 0.6) is 0 Å². The van der Waals surface area contributed by atoms with E-state index in [2.05, 4.69) is 15.5 Å².